The van der Waals surface area contributed by atoms with E-state index in [0.717, 1.165) is 4.90 Å². The summed E-state index contributed by atoms with van der Waals surface area (Å²) in [6.07, 6.45) is 7.42. The van der Waals surface area contributed by atoms with Crippen LogP contribution in [0.1, 0.15) is 6.92 Å². The lowest BCUT2D eigenvalue weighted by Crippen LogP contribution is -3.07. The molecule has 0 saturated carbocycles. The minimum Gasteiger partial charge on any atom is -0.235 e. The van der Waals surface area contributed by atoms with Crippen molar-refractivity contribution in [2.75, 3.05) is 0 Å². The normalized spacial score (nSPS) is 24.3. The molecule has 9 heavy (non-hydrogen) atoms. The van der Waals surface area contributed by atoms with Gasteiger partial charge >= 0.3 is 5.91 Å². The molecule has 1 radical (unpaired) electrons. The fraction of sp³-hybridized carbons (Fsp3) is 0.143. The van der Waals surface area contributed by atoms with Gasteiger partial charge in [0.25, 0.3) is 0 Å². The number of carbonyl (C=O) groups excluding carboxylic acids is 1. The predicted octanol–water partition coefficient (Wildman–Crippen LogP) is -0.337. The highest BCUT2D eigenvalue weighted by Gasteiger charge is 2.10. The summed E-state index contributed by atoms with van der Waals surface area (Å²) in [5.74, 6) is 0.121. The van der Waals surface area contributed by atoms with E-state index in [0.29, 0.717) is 0 Å². The predicted molar refractivity (Wildman–Crippen MR) is 34.2 cm³/mol. The van der Waals surface area contributed by atoms with Crippen molar-refractivity contribution in [2.24, 2.45) is 0 Å². The van der Waals surface area contributed by atoms with Crippen molar-refractivity contribution < 1.29 is 9.69 Å². The SMILES string of the molecule is CC(=O)[NH+]1[CH]C=CC=C1. The molecule has 0 fully saturated rings. The summed E-state index contributed by atoms with van der Waals surface area (Å²) in [5.41, 5.74) is 0. The van der Waals surface area contributed by atoms with E-state index in [1.165, 1.54) is 0 Å². The van der Waals surface area contributed by atoms with E-state index >= 15 is 0 Å². The summed E-state index contributed by atoms with van der Waals surface area (Å²) in [6.45, 7) is 3.37. The van der Waals surface area contributed by atoms with E-state index in [4.69, 9.17) is 0 Å². The summed E-state index contributed by atoms with van der Waals surface area (Å²) in [5, 5.41) is 0. The van der Waals surface area contributed by atoms with Crippen molar-refractivity contribution in [3.05, 3.63) is 31.0 Å². The van der Waals surface area contributed by atoms with Crippen LogP contribution in [0.4, 0.5) is 0 Å². The second kappa shape index (κ2) is 2.60. The molecule has 1 unspecified atom stereocenters. The highest BCUT2D eigenvalue weighted by atomic mass is 16.2. The average Bonchev–Trinajstić information content (AvgIpc) is 1.90. The molecule has 0 aromatic heterocycles. The van der Waals surface area contributed by atoms with Crippen molar-refractivity contribution >= 4 is 5.91 Å². The molecule has 2 heteroatoms. The van der Waals surface area contributed by atoms with Crippen LogP contribution in [0.25, 0.3) is 0 Å². The number of nitrogens with one attached hydrogen (secondary N) is 1. The molecular formula is C7H9NO+. The van der Waals surface area contributed by atoms with Crippen molar-refractivity contribution in [3.63, 3.8) is 0 Å². The molecule has 1 N–H and O–H groups in total. The van der Waals surface area contributed by atoms with Gasteiger partial charge in [-0.15, -0.1) is 0 Å². The van der Waals surface area contributed by atoms with Crippen LogP contribution in [-0.2, 0) is 4.79 Å². The molecular weight excluding hydrogens is 114 g/mol. The van der Waals surface area contributed by atoms with Crippen LogP contribution in [0.3, 0.4) is 0 Å². The topological polar surface area (TPSA) is 21.5 Å². The van der Waals surface area contributed by atoms with Gasteiger partial charge in [0.1, 0.15) is 6.20 Å². The Bertz CT molecular complexity index is 170. The zero-order valence-corrected chi connectivity index (χ0v) is 5.29. The van der Waals surface area contributed by atoms with E-state index < -0.39 is 0 Å². The molecule has 1 heterocycles. The van der Waals surface area contributed by atoms with Gasteiger partial charge in [0.2, 0.25) is 0 Å². The Labute approximate surface area is 54.5 Å². The molecule has 1 atom stereocenters. The van der Waals surface area contributed by atoms with Crippen molar-refractivity contribution in [1.29, 1.82) is 0 Å². The Morgan fingerprint density at radius 1 is 1.33 bits per heavy atom. The number of hydrogen-bond donors (Lipinski definition) is 1. The van der Waals surface area contributed by atoms with Crippen LogP contribution in [0.15, 0.2) is 24.4 Å². The Hall–Kier alpha value is -0.890. The number of carbonyl (C=O) groups is 1. The molecule has 0 aromatic carbocycles. The summed E-state index contributed by atoms with van der Waals surface area (Å²) in [4.78, 5) is 11.4. The Morgan fingerprint density at radius 2 is 2.11 bits per heavy atom. The van der Waals surface area contributed by atoms with Crippen LogP contribution in [0, 0.1) is 6.54 Å². The smallest absolute Gasteiger partial charge is 0.235 e. The first kappa shape index (κ1) is 6.23. The Morgan fingerprint density at radius 3 is 2.44 bits per heavy atom. The monoisotopic (exact) mass is 123 g/mol. The largest absolute Gasteiger partial charge is 0.314 e. The van der Waals surface area contributed by atoms with E-state index in [9.17, 15) is 4.79 Å². The number of quaternary nitrogens is 1. The molecule has 0 aromatic rings. The van der Waals surface area contributed by atoms with Crippen LogP contribution in [-0.4, -0.2) is 5.91 Å². The maximum Gasteiger partial charge on any atom is 0.314 e. The van der Waals surface area contributed by atoms with Crippen LogP contribution < -0.4 is 4.90 Å². The van der Waals surface area contributed by atoms with Crippen LogP contribution in [0.5, 0.6) is 0 Å². The summed E-state index contributed by atoms with van der Waals surface area (Å²) < 4.78 is 0. The van der Waals surface area contributed by atoms with Gasteiger partial charge in [-0.2, -0.15) is 0 Å². The lowest BCUT2D eigenvalue weighted by atomic mass is 10.3. The van der Waals surface area contributed by atoms with Gasteiger partial charge in [-0.25, -0.2) is 9.69 Å². The molecule has 47 valence electrons. The third kappa shape index (κ3) is 1.50. The van der Waals surface area contributed by atoms with Crippen molar-refractivity contribution in [1.82, 2.24) is 0 Å². The van der Waals surface area contributed by atoms with Gasteiger partial charge in [-0.3, -0.25) is 0 Å². The fourth-order valence-corrected chi connectivity index (χ4v) is 0.673. The van der Waals surface area contributed by atoms with Gasteiger partial charge in [-0.05, 0) is 12.2 Å². The van der Waals surface area contributed by atoms with Crippen LogP contribution in [0.2, 0.25) is 0 Å². The summed E-state index contributed by atoms with van der Waals surface area (Å²) >= 11 is 0. The Kier molecular flexibility index (Phi) is 1.80. The average molecular weight is 123 g/mol. The molecule has 0 saturated heterocycles. The Balaban J connectivity index is 2.56. The standard InChI is InChI=1S/C7H9NO/c1-7(9)8-5-3-2-4-6-8/h2-6,8H,1H3/q+1. The van der Waals surface area contributed by atoms with Gasteiger partial charge < -0.3 is 0 Å². The zero-order valence-electron chi connectivity index (χ0n) is 5.29. The van der Waals surface area contributed by atoms with E-state index in [2.05, 4.69) is 0 Å². The number of rotatable bonds is 0. The van der Waals surface area contributed by atoms with Gasteiger partial charge in [0.15, 0.2) is 6.54 Å². The molecule has 0 bridgehead atoms. The van der Waals surface area contributed by atoms with E-state index in [-0.39, 0.29) is 5.91 Å². The fourth-order valence-electron chi connectivity index (χ4n) is 0.673. The highest BCUT2D eigenvalue weighted by Crippen LogP contribution is 1.80. The molecule has 0 aliphatic carbocycles. The number of amides is 1. The summed E-state index contributed by atoms with van der Waals surface area (Å²) in [7, 11) is 0. The van der Waals surface area contributed by atoms with Crippen molar-refractivity contribution in [3.8, 4) is 0 Å². The quantitative estimate of drug-likeness (QED) is 0.467. The van der Waals surface area contributed by atoms with Gasteiger partial charge in [0, 0.05) is 0 Å². The second-order valence-corrected chi connectivity index (χ2v) is 1.92. The second-order valence-electron chi connectivity index (χ2n) is 1.92. The third-order valence-electron chi connectivity index (χ3n) is 1.18. The van der Waals surface area contributed by atoms with Gasteiger partial charge in [0.05, 0.1) is 6.92 Å². The van der Waals surface area contributed by atoms with Gasteiger partial charge in [-0.1, -0.05) is 6.08 Å². The highest BCUT2D eigenvalue weighted by molar-refractivity contribution is 5.64. The maximum absolute atomic E-state index is 10.6. The van der Waals surface area contributed by atoms with Crippen LogP contribution >= 0.6 is 0 Å². The zero-order chi connectivity index (χ0) is 6.69. The first-order chi connectivity index (χ1) is 4.30. The number of hydrogen-bond acceptors (Lipinski definition) is 1. The lowest BCUT2D eigenvalue weighted by molar-refractivity contribution is -0.723. The minimum atomic E-state index is 0.121. The van der Waals surface area contributed by atoms with E-state index in [1.807, 2.05) is 31.0 Å². The first-order valence-corrected chi connectivity index (χ1v) is 2.86. The maximum atomic E-state index is 10.6. The minimum absolute atomic E-state index is 0.121. The molecule has 1 aliphatic heterocycles. The third-order valence-corrected chi connectivity index (χ3v) is 1.18. The molecule has 1 amide bonds. The summed E-state index contributed by atoms with van der Waals surface area (Å²) in [6, 6.07) is 0. The number of allylic oxidation sites excluding steroid dienone is 2. The molecule has 1 aliphatic rings. The van der Waals surface area contributed by atoms with Crippen molar-refractivity contribution in [2.45, 2.75) is 6.92 Å². The molecule has 0 spiro atoms. The van der Waals surface area contributed by atoms with E-state index in [1.54, 1.807) is 6.92 Å². The molecule has 1 rings (SSSR count). The first-order valence-electron chi connectivity index (χ1n) is 2.86. The molecule has 2 nitrogen and oxygen atoms in total. The lowest BCUT2D eigenvalue weighted by Gasteiger charge is -2.06.